The summed E-state index contributed by atoms with van der Waals surface area (Å²) in [7, 11) is 1.62. The molecule has 5 rings (SSSR count). The Morgan fingerprint density at radius 3 is 2.48 bits per heavy atom. The van der Waals surface area contributed by atoms with Crippen molar-refractivity contribution in [3.8, 4) is 10.9 Å². The number of rotatable bonds is 16. The van der Waals surface area contributed by atoms with Gasteiger partial charge in [-0.3, -0.25) is 19.1 Å². The maximum Gasteiger partial charge on any atom is 0.341 e. The van der Waals surface area contributed by atoms with Crippen LogP contribution in [-0.4, -0.2) is 101 Å². The number of anilines is 1. The molecule has 0 saturated carbocycles. The molecule has 15 heteroatoms. The molecule has 5 heterocycles. The molecule has 0 aromatic carbocycles. The zero-order valence-electron chi connectivity index (χ0n) is 24.3. The van der Waals surface area contributed by atoms with Gasteiger partial charge < -0.3 is 29.0 Å². The maximum atomic E-state index is 13.0. The van der Waals surface area contributed by atoms with Crippen molar-refractivity contribution in [1.82, 2.24) is 23.9 Å². The molecule has 14 nitrogen and oxygen atoms in total. The van der Waals surface area contributed by atoms with Crippen LogP contribution in [0.5, 0.6) is 5.75 Å². The first kappa shape index (κ1) is 31.1. The van der Waals surface area contributed by atoms with Crippen LogP contribution < -0.4 is 15.1 Å². The number of carbonyl (C=O) groups excluding carboxylic acids is 1. The summed E-state index contributed by atoms with van der Waals surface area (Å²) < 4.78 is 26.8. The Hall–Kier alpha value is -4.31. The first-order valence-corrected chi connectivity index (χ1v) is 14.7. The van der Waals surface area contributed by atoms with Crippen molar-refractivity contribution in [2.75, 3.05) is 64.7 Å². The van der Waals surface area contributed by atoms with Crippen LogP contribution in [0.1, 0.15) is 21.6 Å². The molecule has 0 atom stereocenters. The minimum absolute atomic E-state index is 0.0675. The van der Waals surface area contributed by atoms with Gasteiger partial charge in [0.2, 0.25) is 10.6 Å². The molecule has 1 aliphatic rings. The third kappa shape index (κ3) is 7.24. The van der Waals surface area contributed by atoms with E-state index < -0.39 is 11.4 Å². The molecule has 1 aliphatic heterocycles. The van der Waals surface area contributed by atoms with Gasteiger partial charge in [-0.1, -0.05) is 0 Å². The predicted octanol–water partition coefficient (Wildman–Crippen LogP) is 1.95. The lowest BCUT2D eigenvalue weighted by Gasteiger charge is -2.39. The van der Waals surface area contributed by atoms with Crippen LogP contribution in [-0.2, 0) is 25.4 Å². The first-order valence-electron chi connectivity index (χ1n) is 13.9. The molecule has 0 amide bonds. The molecule has 1 fully saturated rings. The molecule has 1 saturated heterocycles. The second-order valence-electron chi connectivity index (χ2n) is 10.1. The van der Waals surface area contributed by atoms with Gasteiger partial charge in [0.1, 0.15) is 35.8 Å². The number of ketones is 1. The van der Waals surface area contributed by atoms with Crippen LogP contribution in [0.25, 0.3) is 16.2 Å². The average molecular weight is 625 g/mol. The number of aromatic carboxylic acids is 1. The number of aryl methyl sites for hydroxylation is 1. The fourth-order valence-electron chi connectivity index (χ4n) is 4.69. The summed E-state index contributed by atoms with van der Waals surface area (Å²) in [5.41, 5.74) is 0.527. The lowest BCUT2D eigenvalue weighted by atomic mass is 9.92. The fraction of sp³-hybridized carbons (Fsp3) is 0.414. The van der Waals surface area contributed by atoms with Crippen molar-refractivity contribution in [2.45, 2.75) is 13.3 Å². The predicted molar refractivity (Wildman–Crippen MR) is 160 cm³/mol. The zero-order chi connectivity index (χ0) is 31.1. The van der Waals surface area contributed by atoms with Gasteiger partial charge in [0, 0.05) is 50.0 Å². The number of fused-ring (bicyclic) bond motifs is 1. The van der Waals surface area contributed by atoms with Crippen LogP contribution in [0.2, 0.25) is 0 Å². The minimum atomic E-state index is -1.33. The molecule has 1 N–H and O–H groups in total. The van der Waals surface area contributed by atoms with Gasteiger partial charge in [-0.15, -0.1) is 0 Å². The van der Waals surface area contributed by atoms with E-state index in [9.17, 15) is 19.5 Å². The number of hydrogen-bond acceptors (Lipinski definition) is 13. The number of carbonyl (C=O) groups is 2. The maximum absolute atomic E-state index is 13.0. The summed E-state index contributed by atoms with van der Waals surface area (Å²) in [6.45, 7) is 5.51. The van der Waals surface area contributed by atoms with E-state index in [1.54, 1.807) is 38.4 Å². The molecule has 4 aromatic rings. The number of methoxy groups -OCH3 is 1. The van der Waals surface area contributed by atoms with E-state index in [0.717, 1.165) is 11.5 Å². The Morgan fingerprint density at radius 1 is 1.07 bits per heavy atom. The lowest BCUT2D eigenvalue weighted by molar-refractivity contribution is -0.123. The number of ether oxygens (including phenoxy) is 4. The van der Waals surface area contributed by atoms with Crippen molar-refractivity contribution < 1.29 is 33.6 Å². The number of aromatic nitrogens is 5. The molecule has 44 heavy (non-hydrogen) atoms. The fourth-order valence-corrected chi connectivity index (χ4v) is 5.20. The Labute approximate surface area is 256 Å². The van der Waals surface area contributed by atoms with Crippen molar-refractivity contribution in [2.24, 2.45) is 5.92 Å². The van der Waals surface area contributed by atoms with Crippen LogP contribution in [0.4, 0.5) is 5.82 Å². The smallest absolute Gasteiger partial charge is 0.341 e. The number of carboxylic acid groups (broad SMARTS) is 1. The minimum Gasteiger partial charge on any atom is -0.490 e. The number of hydrogen-bond donors (Lipinski definition) is 1. The van der Waals surface area contributed by atoms with Crippen LogP contribution in [0.3, 0.4) is 0 Å². The van der Waals surface area contributed by atoms with E-state index in [1.165, 1.54) is 17.1 Å². The van der Waals surface area contributed by atoms with Crippen molar-refractivity contribution in [3.63, 3.8) is 0 Å². The molecule has 0 bridgehead atoms. The van der Waals surface area contributed by atoms with Gasteiger partial charge in [0.25, 0.3) is 0 Å². The molecule has 0 unspecified atom stereocenters. The molecule has 4 aromatic heterocycles. The van der Waals surface area contributed by atoms with Crippen LogP contribution in [0, 0.1) is 12.8 Å². The van der Waals surface area contributed by atoms with E-state index >= 15 is 0 Å². The molecular weight excluding hydrogens is 592 g/mol. The Morgan fingerprint density at radius 2 is 1.82 bits per heavy atom. The summed E-state index contributed by atoms with van der Waals surface area (Å²) in [5, 5.41) is 10.2. The average Bonchev–Trinajstić information content (AvgIpc) is 3.51. The first-order chi connectivity index (χ1) is 21.4. The van der Waals surface area contributed by atoms with E-state index in [-0.39, 0.29) is 34.7 Å². The van der Waals surface area contributed by atoms with E-state index in [2.05, 4.69) is 14.3 Å². The third-order valence-electron chi connectivity index (χ3n) is 7.04. The number of pyridine rings is 3. The van der Waals surface area contributed by atoms with E-state index in [4.69, 9.17) is 23.9 Å². The van der Waals surface area contributed by atoms with Gasteiger partial charge in [-0.05, 0) is 30.7 Å². The quantitative estimate of drug-likeness (QED) is 0.180. The van der Waals surface area contributed by atoms with Gasteiger partial charge in [-0.2, -0.15) is 4.37 Å². The van der Waals surface area contributed by atoms with Gasteiger partial charge in [-0.25, -0.2) is 14.8 Å². The van der Waals surface area contributed by atoms with E-state index in [1.807, 2.05) is 4.90 Å². The highest BCUT2D eigenvalue weighted by Gasteiger charge is 2.34. The van der Waals surface area contributed by atoms with Gasteiger partial charge >= 0.3 is 5.97 Å². The van der Waals surface area contributed by atoms with Crippen molar-refractivity contribution >= 4 is 40.1 Å². The highest BCUT2D eigenvalue weighted by molar-refractivity contribution is 7.08. The second kappa shape index (κ2) is 14.4. The Bertz CT molecular complexity index is 1660. The molecule has 0 aliphatic carbocycles. The normalized spacial score (nSPS) is 13.3. The Balaban J connectivity index is 1.15. The largest absolute Gasteiger partial charge is 0.490 e. The molecular formula is C29H32N6O8S. The topological polar surface area (TPSA) is 168 Å². The number of nitrogens with zero attached hydrogens (tertiary/aromatic N) is 6. The summed E-state index contributed by atoms with van der Waals surface area (Å²) in [6, 6.07) is 5.30. The summed E-state index contributed by atoms with van der Waals surface area (Å²) >= 11 is 1.05. The summed E-state index contributed by atoms with van der Waals surface area (Å²) in [6.07, 6.45) is 4.37. The molecule has 0 spiro atoms. The van der Waals surface area contributed by atoms with Gasteiger partial charge in [0.05, 0.1) is 50.5 Å². The van der Waals surface area contributed by atoms with Crippen LogP contribution >= 0.6 is 11.5 Å². The Kier molecular flexibility index (Phi) is 10.2. The van der Waals surface area contributed by atoms with Crippen molar-refractivity contribution in [1.29, 1.82) is 0 Å². The van der Waals surface area contributed by atoms with Crippen LogP contribution in [0.15, 0.2) is 41.7 Å². The lowest BCUT2D eigenvalue weighted by Crippen LogP contribution is -2.51. The highest BCUT2D eigenvalue weighted by Crippen LogP contribution is 2.29. The second-order valence-corrected chi connectivity index (χ2v) is 10.8. The third-order valence-corrected chi connectivity index (χ3v) is 7.71. The molecule has 232 valence electrons. The summed E-state index contributed by atoms with van der Waals surface area (Å²) in [4.78, 5) is 52.9. The zero-order valence-corrected chi connectivity index (χ0v) is 25.1. The number of Topliss-reactive ketones (excluding diaryl/α,β-unsaturated/α-hetero) is 1. The number of carboxylic acids is 1. The van der Waals surface area contributed by atoms with Gasteiger partial charge in [0.15, 0.2) is 5.65 Å². The van der Waals surface area contributed by atoms with E-state index in [0.29, 0.717) is 80.7 Å². The standard InChI is InChI=1S/C29H32N6O8S/c1-18-11-24(33-27-25(18)26(37)22(28(38)39)16-35(27)29-31-17-32-44-29)34-14-19(15-34)23(36)12-20-3-4-21(13-30-20)43-10-9-42-8-7-41-6-5-40-2/h3-4,11,13,16-17,19H,5-10,12,14-15H2,1-2H3,(H,38,39). The monoisotopic (exact) mass is 624 g/mol. The molecule has 0 radical (unpaired) electrons. The van der Waals surface area contributed by atoms with Crippen molar-refractivity contribution in [3.05, 3.63) is 64.0 Å². The SMILES string of the molecule is COCCOCCOCCOc1ccc(CC(=O)C2CN(c3cc(C)c4c(=O)c(C(=O)O)cn(-c5ncns5)c4n3)C2)nc1. The highest BCUT2D eigenvalue weighted by atomic mass is 32.1. The summed E-state index contributed by atoms with van der Waals surface area (Å²) in [5.74, 6) is -0.280.